The lowest BCUT2D eigenvalue weighted by atomic mass is 9.61. The number of hydrogen-bond donors (Lipinski definition) is 1. The van der Waals surface area contributed by atoms with Gasteiger partial charge in [-0.2, -0.15) is 0 Å². The predicted molar refractivity (Wildman–Crippen MR) is 94.0 cm³/mol. The van der Waals surface area contributed by atoms with Crippen LogP contribution < -0.4 is 0 Å². The van der Waals surface area contributed by atoms with E-state index in [4.69, 9.17) is 4.84 Å². The summed E-state index contributed by atoms with van der Waals surface area (Å²) in [5.74, 6) is -1.32. The molecule has 1 N–H and O–H groups in total. The first-order valence-electron chi connectivity index (χ1n) is 8.94. The minimum atomic E-state index is -1.12. The van der Waals surface area contributed by atoms with Crippen molar-refractivity contribution in [2.75, 3.05) is 0 Å². The van der Waals surface area contributed by atoms with Crippen LogP contribution >= 0.6 is 0 Å². The molecule has 1 rings (SSSR count). The average Bonchev–Trinajstić information content (AvgIpc) is 2.72. The van der Waals surface area contributed by atoms with Crippen molar-refractivity contribution in [2.45, 2.75) is 80.9 Å². The van der Waals surface area contributed by atoms with Crippen molar-refractivity contribution in [2.24, 2.45) is 22.2 Å². The molecule has 1 amide bonds. The third-order valence-electron chi connectivity index (χ3n) is 5.84. The zero-order valence-electron chi connectivity index (χ0n) is 16.8. The lowest BCUT2D eigenvalue weighted by Gasteiger charge is -2.43. The smallest absolute Gasteiger partial charge is 0.338 e. The molecule has 3 unspecified atom stereocenters. The Morgan fingerprint density at radius 2 is 1.72 bits per heavy atom. The van der Waals surface area contributed by atoms with Gasteiger partial charge in [-0.15, -0.1) is 5.06 Å². The minimum Gasteiger partial charge on any atom is -0.370 e. The van der Waals surface area contributed by atoms with Crippen LogP contribution in [0.1, 0.15) is 74.7 Å². The summed E-state index contributed by atoms with van der Waals surface area (Å²) in [6, 6.07) is 0. The monoisotopic (exact) mass is 355 g/mol. The molecule has 3 atom stereocenters. The van der Waals surface area contributed by atoms with Crippen molar-refractivity contribution in [3.63, 3.8) is 0 Å². The Labute approximate surface area is 150 Å². The first-order valence-corrected chi connectivity index (χ1v) is 8.94. The molecule has 0 saturated carbocycles. The van der Waals surface area contributed by atoms with Gasteiger partial charge in [0.15, 0.2) is 6.23 Å². The maximum atomic E-state index is 12.8. The lowest BCUT2D eigenvalue weighted by Crippen LogP contribution is -2.48. The van der Waals surface area contributed by atoms with Crippen molar-refractivity contribution < 1.29 is 24.3 Å². The predicted octanol–water partition coefficient (Wildman–Crippen LogP) is 3.08. The van der Waals surface area contributed by atoms with Crippen molar-refractivity contribution in [1.82, 2.24) is 5.06 Å². The van der Waals surface area contributed by atoms with Gasteiger partial charge in [0.1, 0.15) is 5.78 Å². The van der Waals surface area contributed by atoms with Gasteiger partial charge < -0.3 is 9.94 Å². The maximum absolute atomic E-state index is 12.8. The fourth-order valence-corrected chi connectivity index (χ4v) is 2.84. The summed E-state index contributed by atoms with van der Waals surface area (Å²) in [6.45, 7) is 14.5. The number of aliphatic hydroxyl groups excluding tert-OH is 1. The van der Waals surface area contributed by atoms with Gasteiger partial charge in [-0.25, -0.2) is 4.79 Å². The fourth-order valence-electron chi connectivity index (χ4n) is 2.84. The lowest BCUT2D eigenvalue weighted by molar-refractivity contribution is -0.232. The molecule has 0 spiro atoms. The van der Waals surface area contributed by atoms with Gasteiger partial charge in [0.2, 0.25) is 0 Å². The van der Waals surface area contributed by atoms with E-state index in [1.54, 1.807) is 20.8 Å². The number of carbonyl (C=O) groups excluding carboxylic acids is 3. The van der Waals surface area contributed by atoms with Crippen LogP contribution in [0.3, 0.4) is 0 Å². The van der Waals surface area contributed by atoms with E-state index in [9.17, 15) is 19.5 Å². The normalized spacial score (nSPS) is 24.2. The molecule has 6 heteroatoms. The number of rotatable bonds is 6. The number of nitrogens with zero attached hydrogens (tertiary/aromatic N) is 1. The van der Waals surface area contributed by atoms with Crippen LogP contribution in [0.25, 0.3) is 0 Å². The van der Waals surface area contributed by atoms with Gasteiger partial charge in [0.25, 0.3) is 5.91 Å². The van der Waals surface area contributed by atoms with Crippen molar-refractivity contribution in [1.29, 1.82) is 0 Å². The molecule has 1 aliphatic rings. The maximum Gasteiger partial charge on any atom is 0.338 e. The molecule has 0 aromatic carbocycles. The molecule has 1 aliphatic heterocycles. The highest BCUT2D eigenvalue weighted by atomic mass is 16.7. The molecule has 1 heterocycles. The third-order valence-corrected chi connectivity index (χ3v) is 5.84. The van der Waals surface area contributed by atoms with Crippen molar-refractivity contribution >= 4 is 17.7 Å². The van der Waals surface area contributed by atoms with Crippen LogP contribution in [0.4, 0.5) is 0 Å². The van der Waals surface area contributed by atoms with Gasteiger partial charge in [0.05, 0.1) is 5.41 Å². The number of Topliss-reactive ketones (excluding diaryl/α,β-unsaturated/α-hetero) is 1. The summed E-state index contributed by atoms with van der Waals surface area (Å²) in [5, 5.41) is 10.7. The Balaban J connectivity index is 3.00. The van der Waals surface area contributed by atoms with Crippen molar-refractivity contribution in [3.05, 3.63) is 0 Å². The van der Waals surface area contributed by atoms with E-state index in [0.29, 0.717) is 6.42 Å². The molecular formula is C19H33NO5. The van der Waals surface area contributed by atoms with E-state index in [1.165, 1.54) is 0 Å². The van der Waals surface area contributed by atoms with Crippen LogP contribution in [-0.2, 0) is 19.2 Å². The second-order valence-corrected chi connectivity index (χ2v) is 9.05. The van der Waals surface area contributed by atoms with Crippen LogP contribution in [0.5, 0.6) is 0 Å². The van der Waals surface area contributed by atoms with E-state index < -0.39 is 34.3 Å². The molecule has 0 aliphatic carbocycles. The van der Waals surface area contributed by atoms with Crippen LogP contribution in [-0.4, -0.2) is 34.1 Å². The Morgan fingerprint density at radius 3 is 2.08 bits per heavy atom. The largest absolute Gasteiger partial charge is 0.370 e. The molecule has 0 aromatic rings. The highest BCUT2D eigenvalue weighted by molar-refractivity contribution is 5.87. The van der Waals surface area contributed by atoms with Crippen LogP contribution in [0.2, 0.25) is 0 Å². The molecule has 144 valence electrons. The summed E-state index contributed by atoms with van der Waals surface area (Å²) in [6.07, 6.45) is -0.0438. The zero-order valence-corrected chi connectivity index (χ0v) is 16.8. The fraction of sp³-hybridized carbons (Fsp3) is 0.842. The minimum absolute atomic E-state index is 0.0728. The van der Waals surface area contributed by atoms with Crippen molar-refractivity contribution in [3.8, 4) is 0 Å². The van der Waals surface area contributed by atoms with Gasteiger partial charge in [-0.1, -0.05) is 41.5 Å². The summed E-state index contributed by atoms with van der Waals surface area (Å²) in [5.41, 5.74) is -2.13. The van der Waals surface area contributed by atoms with Crippen LogP contribution in [0, 0.1) is 22.2 Å². The highest BCUT2D eigenvalue weighted by Crippen LogP contribution is 2.47. The molecule has 25 heavy (non-hydrogen) atoms. The summed E-state index contributed by atoms with van der Waals surface area (Å²) in [4.78, 5) is 42.7. The average molecular weight is 355 g/mol. The Morgan fingerprint density at radius 1 is 1.20 bits per heavy atom. The molecule has 6 nitrogen and oxygen atoms in total. The zero-order chi connectivity index (χ0) is 19.8. The van der Waals surface area contributed by atoms with E-state index in [0.717, 1.165) is 5.06 Å². The van der Waals surface area contributed by atoms with E-state index in [2.05, 4.69) is 0 Å². The molecule has 0 aromatic heterocycles. The summed E-state index contributed by atoms with van der Waals surface area (Å²) < 4.78 is 0. The van der Waals surface area contributed by atoms with E-state index >= 15 is 0 Å². The standard InChI is InChI=1S/C19H33NO5/c1-9-19(8,11-13(21)17(3,4)5)18(6,7)16(24)25-20-14(22)10-12(2)15(20)23/h12,14,22H,9-11H2,1-8H3. The SMILES string of the molecule is CCC(C)(CC(=O)C(C)(C)C)C(C)(C)C(=O)ON1C(=O)C(C)CC1O. The Bertz CT molecular complexity index is 549. The summed E-state index contributed by atoms with van der Waals surface area (Å²) in [7, 11) is 0. The van der Waals surface area contributed by atoms with Gasteiger partial charge in [-0.3, -0.25) is 9.59 Å². The first-order chi connectivity index (χ1) is 11.2. The second kappa shape index (κ2) is 7.06. The Hall–Kier alpha value is -1.43. The number of hydrogen-bond acceptors (Lipinski definition) is 5. The molecule has 1 saturated heterocycles. The molecule has 1 fully saturated rings. The number of amides is 1. The van der Waals surface area contributed by atoms with E-state index in [-0.39, 0.29) is 24.5 Å². The topological polar surface area (TPSA) is 83.9 Å². The molecule has 0 radical (unpaired) electrons. The Kier molecular flexibility index (Phi) is 6.10. The number of aliphatic hydroxyl groups is 1. The van der Waals surface area contributed by atoms with Gasteiger partial charge in [-0.05, 0) is 25.7 Å². The molecular weight excluding hydrogens is 322 g/mol. The third kappa shape index (κ3) is 4.22. The number of ketones is 1. The van der Waals surface area contributed by atoms with Gasteiger partial charge >= 0.3 is 5.97 Å². The second-order valence-electron chi connectivity index (χ2n) is 9.05. The van der Waals surface area contributed by atoms with Crippen LogP contribution in [0.15, 0.2) is 0 Å². The molecule has 0 bridgehead atoms. The summed E-state index contributed by atoms with van der Waals surface area (Å²) >= 11 is 0. The quantitative estimate of drug-likeness (QED) is 0.791. The number of hydroxylamine groups is 2. The van der Waals surface area contributed by atoms with Gasteiger partial charge in [0, 0.05) is 24.2 Å². The highest BCUT2D eigenvalue weighted by Gasteiger charge is 2.50. The van der Waals surface area contributed by atoms with E-state index in [1.807, 2.05) is 34.6 Å². The number of carbonyl (C=O) groups is 3. The first kappa shape index (κ1) is 21.6.